The van der Waals surface area contributed by atoms with Gasteiger partial charge in [-0.25, -0.2) is 0 Å². The summed E-state index contributed by atoms with van der Waals surface area (Å²) in [6, 6.07) is 8.99. The number of nitriles is 1. The first kappa shape index (κ1) is 13.1. The van der Waals surface area contributed by atoms with Crippen molar-refractivity contribution in [3.8, 4) is 6.07 Å². The molecule has 18 heavy (non-hydrogen) atoms. The lowest BCUT2D eigenvalue weighted by atomic mass is 9.99. The van der Waals surface area contributed by atoms with E-state index in [1.165, 1.54) is 6.42 Å². The number of carbonyl (C=O) groups is 1. The normalized spacial score (nSPS) is 19.3. The van der Waals surface area contributed by atoms with E-state index in [0.29, 0.717) is 17.0 Å². The average Bonchev–Trinajstić information content (AvgIpc) is 2.46. The van der Waals surface area contributed by atoms with Crippen LogP contribution in [0.25, 0.3) is 0 Å². The molecule has 0 saturated carbocycles. The SMILES string of the molecule is N#Cc1cccc(C(=O)N2CCCC(CBr)C2)c1. The zero-order valence-corrected chi connectivity index (χ0v) is 11.7. The molecule has 1 fully saturated rings. The average molecular weight is 307 g/mol. The number of carbonyl (C=O) groups excluding carboxylic acids is 1. The predicted octanol–water partition coefficient (Wildman–Crippen LogP) is 2.81. The third kappa shape index (κ3) is 2.91. The third-order valence-corrected chi connectivity index (χ3v) is 4.18. The Hall–Kier alpha value is -1.34. The Morgan fingerprint density at radius 3 is 3.11 bits per heavy atom. The van der Waals surface area contributed by atoms with E-state index >= 15 is 0 Å². The van der Waals surface area contributed by atoms with E-state index in [1.807, 2.05) is 4.90 Å². The largest absolute Gasteiger partial charge is 0.338 e. The van der Waals surface area contributed by atoms with Crippen LogP contribution in [0.4, 0.5) is 0 Å². The van der Waals surface area contributed by atoms with E-state index in [4.69, 9.17) is 5.26 Å². The van der Waals surface area contributed by atoms with Gasteiger partial charge in [-0.3, -0.25) is 4.79 Å². The molecule has 1 aromatic carbocycles. The summed E-state index contributed by atoms with van der Waals surface area (Å²) in [4.78, 5) is 14.2. The van der Waals surface area contributed by atoms with E-state index in [1.54, 1.807) is 24.3 Å². The quantitative estimate of drug-likeness (QED) is 0.789. The van der Waals surface area contributed by atoms with Crippen molar-refractivity contribution >= 4 is 21.8 Å². The Morgan fingerprint density at radius 2 is 2.39 bits per heavy atom. The van der Waals surface area contributed by atoms with Crippen LogP contribution in [0.5, 0.6) is 0 Å². The van der Waals surface area contributed by atoms with E-state index in [9.17, 15) is 4.79 Å². The molecule has 2 rings (SSSR count). The van der Waals surface area contributed by atoms with E-state index in [0.717, 1.165) is 24.8 Å². The first-order valence-electron chi connectivity index (χ1n) is 6.10. The van der Waals surface area contributed by atoms with Gasteiger partial charge in [-0.15, -0.1) is 0 Å². The van der Waals surface area contributed by atoms with Gasteiger partial charge in [-0.05, 0) is 37.0 Å². The molecule has 0 aliphatic carbocycles. The number of hydrogen-bond acceptors (Lipinski definition) is 2. The summed E-state index contributed by atoms with van der Waals surface area (Å²) >= 11 is 3.49. The van der Waals surface area contributed by atoms with E-state index in [2.05, 4.69) is 22.0 Å². The van der Waals surface area contributed by atoms with Gasteiger partial charge < -0.3 is 4.90 Å². The predicted molar refractivity (Wildman–Crippen MR) is 73.6 cm³/mol. The first-order valence-corrected chi connectivity index (χ1v) is 7.22. The summed E-state index contributed by atoms with van der Waals surface area (Å²) in [7, 11) is 0. The van der Waals surface area contributed by atoms with Crippen molar-refractivity contribution in [3.63, 3.8) is 0 Å². The number of rotatable bonds is 2. The van der Waals surface area contributed by atoms with Crippen LogP contribution < -0.4 is 0 Å². The summed E-state index contributed by atoms with van der Waals surface area (Å²) in [6.07, 6.45) is 2.23. The van der Waals surface area contributed by atoms with Crippen LogP contribution in [0.15, 0.2) is 24.3 Å². The van der Waals surface area contributed by atoms with Gasteiger partial charge in [0.05, 0.1) is 11.6 Å². The molecule has 0 radical (unpaired) electrons. The summed E-state index contributed by atoms with van der Waals surface area (Å²) in [5.74, 6) is 0.583. The van der Waals surface area contributed by atoms with E-state index in [-0.39, 0.29) is 5.91 Å². The maximum Gasteiger partial charge on any atom is 0.253 e. The van der Waals surface area contributed by atoms with Gasteiger partial charge in [-0.1, -0.05) is 22.0 Å². The van der Waals surface area contributed by atoms with Crippen LogP contribution in [0.2, 0.25) is 0 Å². The van der Waals surface area contributed by atoms with Gasteiger partial charge in [0.15, 0.2) is 0 Å². The molecule has 1 heterocycles. The maximum atomic E-state index is 12.3. The Morgan fingerprint density at radius 1 is 1.56 bits per heavy atom. The van der Waals surface area contributed by atoms with E-state index < -0.39 is 0 Å². The van der Waals surface area contributed by atoms with Crippen molar-refractivity contribution in [2.75, 3.05) is 18.4 Å². The van der Waals surface area contributed by atoms with Crippen molar-refractivity contribution in [2.45, 2.75) is 12.8 Å². The Labute approximate surface area is 116 Å². The fraction of sp³-hybridized carbons (Fsp3) is 0.429. The molecule has 3 nitrogen and oxygen atoms in total. The first-order chi connectivity index (χ1) is 8.74. The van der Waals surface area contributed by atoms with Gasteiger partial charge in [0.25, 0.3) is 5.91 Å². The minimum atomic E-state index is 0.0396. The molecule has 1 unspecified atom stereocenters. The van der Waals surface area contributed by atoms with Crippen molar-refractivity contribution < 1.29 is 4.79 Å². The molecule has 1 aliphatic rings. The molecular formula is C14H15BrN2O. The zero-order valence-electron chi connectivity index (χ0n) is 10.1. The Bertz CT molecular complexity index is 481. The smallest absolute Gasteiger partial charge is 0.253 e. The molecule has 1 atom stereocenters. The highest BCUT2D eigenvalue weighted by atomic mass is 79.9. The number of amides is 1. The van der Waals surface area contributed by atoms with Crippen LogP contribution >= 0.6 is 15.9 Å². The molecule has 0 bridgehead atoms. The summed E-state index contributed by atoms with van der Waals surface area (Å²) in [5, 5.41) is 9.79. The molecule has 94 valence electrons. The highest BCUT2D eigenvalue weighted by molar-refractivity contribution is 9.09. The number of nitrogens with zero attached hydrogens (tertiary/aromatic N) is 2. The van der Waals surface area contributed by atoms with Crippen molar-refractivity contribution in [1.29, 1.82) is 5.26 Å². The molecule has 1 aromatic rings. The van der Waals surface area contributed by atoms with Crippen LogP contribution in [-0.4, -0.2) is 29.2 Å². The van der Waals surface area contributed by atoms with Gasteiger partial charge in [-0.2, -0.15) is 5.26 Å². The molecule has 1 aliphatic heterocycles. The molecule has 1 amide bonds. The number of alkyl halides is 1. The summed E-state index contributed by atoms with van der Waals surface area (Å²) < 4.78 is 0. The number of hydrogen-bond donors (Lipinski definition) is 0. The number of halogens is 1. The fourth-order valence-electron chi connectivity index (χ4n) is 2.28. The lowest BCUT2D eigenvalue weighted by Gasteiger charge is -2.32. The van der Waals surface area contributed by atoms with Gasteiger partial charge in [0.2, 0.25) is 0 Å². The molecule has 0 N–H and O–H groups in total. The minimum Gasteiger partial charge on any atom is -0.338 e. The number of likely N-dealkylation sites (tertiary alicyclic amines) is 1. The lowest BCUT2D eigenvalue weighted by molar-refractivity contribution is 0.0686. The van der Waals surface area contributed by atoms with Crippen LogP contribution in [0.1, 0.15) is 28.8 Å². The highest BCUT2D eigenvalue weighted by Crippen LogP contribution is 2.20. The summed E-state index contributed by atoms with van der Waals surface area (Å²) in [6.45, 7) is 1.62. The molecule has 4 heteroatoms. The standard InChI is InChI=1S/C14H15BrN2O/c15-8-12-4-2-6-17(10-12)14(18)13-5-1-3-11(7-13)9-16/h1,3,5,7,12H,2,4,6,8,10H2. The molecule has 0 spiro atoms. The molecular weight excluding hydrogens is 292 g/mol. The minimum absolute atomic E-state index is 0.0396. The van der Waals surface area contributed by atoms with Crippen molar-refractivity contribution in [1.82, 2.24) is 4.90 Å². The Balaban J connectivity index is 2.13. The Kier molecular flexibility index (Phi) is 4.38. The fourth-order valence-corrected chi connectivity index (χ4v) is 2.81. The summed E-state index contributed by atoms with van der Waals surface area (Å²) in [5.41, 5.74) is 1.15. The van der Waals surface area contributed by atoms with Crippen LogP contribution in [-0.2, 0) is 0 Å². The highest BCUT2D eigenvalue weighted by Gasteiger charge is 2.23. The second-order valence-corrected chi connectivity index (χ2v) is 5.25. The van der Waals surface area contributed by atoms with Crippen molar-refractivity contribution in [3.05, 3.63) is 35.4 Å². The van der Waals surface area contributed by atoms with Gasteiger partial charge in [0, 0.05) is 24.0 Å². The van der Waals surface area contributed by atoms with Crippen molar-refractivity contribution in [2.24, 2.45) is 5.92 Å². The second-order valence-electron chi connectivity index (χ2n) is 4.61. The maximum absolute atomic E-state index is 12.3. The van der Waals surface area contributed by atoms with Crippen LogP contribution in [0.3, 0.4) is 0 Å². The number of benzene rings is 1. The van der Waals surface area contributed by atoms with Gasteiger partial charge in [0.1, 0.15) is 0 Å². The van der Waals surface area contributed by atoms with Gasteiger partial charge >= 0.3 is 0 Å². The number of piperidine rings is 1. The topological polar surface area (TPSA) is 44.1 Å². The third-order valence-electron chi connectivity index (χ3n) is 3.26. The zero-order chi connectivity index (χ0) is 13.0. The monoisotopic (exact) mass is 306 g/mol. The molecule has 1 saturated heterocycles. The van der Waals surface area contributed by atoms with Crippen LogP contribution in [0, 0.1) is 17.2 Å². The molecule has 0 aromatic heterocycles. The lowest BCUT2D eigenvalue weighted by Crippen LogP contribution is -2.40. The second kappa shape index (κ2) is 6.01.